The van der Waals surface area contributed by atoms with Crippen molar-refractivity contribution < 1.29 is 14.8 Å². The highest BCUT2D eigenvalue weighted by Gasteiger charge is 2.21. The maximum absolute atomic E-state index is 10.9. The van der Waals surface area contributed by atoms with E-state index in [0.717, 1.165) is 7.40 Å². The van der Waals surface area contributed by atoms with Crippen molar-refractivity contribution in [2.45, 2.75) is 0 Å². The summed E-state index contributed by atoms with van der Waals surface area (Å²) >= 11 is 4.11. The van der Waals surface area contributed by atoms with Crippen LogP contribution in [0.4, 0.5) is 5.69 Å². The number of halogens is 2. The Kier molecular flexibility index (Phi) is 4.03. The van der Waals surface area contributed by atoms with Crippen LogP contribution in [0.1, 0.15) is 10.4 Å². The van der Waals surface area contributed by atoms with Gasteiger partial charge in [-0.25, -0.2) is 9.78 Å². The van der Waals surface area contributed by atoms with Gasteiger partial charge in [-0.15, -0.1) is 0 Å². The number of carboxylic acids is 1. The molecule has 0 bridgehead atoms. The van der Waals surface area contributed by atoms with E-state index in [0.29, 0.717) is 5.69 Å². The van der Waals surface area contributed by atoms with E-state index in [4.69, 9.17) is 5.11 Å². The molecular formula is C10H5I2N3O4. The smallest absolute Gasteiger partial charge is 0.342 e. The molecule has 0 radical (unpaired) electrons. The van der Waals surface area contributed by atoms with Gasteiger partial charge in [0.25, 0.3) is 5.69 Å². The Labute approximate surface area is 134 Å². The van der Waals surface area contributed by atoms with Gasteiger partial charge in [0.2, 0.25) is 0 Å². The van der Waals surface area contributed by atoms with E-state index >= 15 is 0 Å². The Hall–Kier alpha value is -1.24. The number of carboxylic acid groups (broad SMARTS) is 1. The van der Waals surface area contributed by atoms with Gasteiger partial charge in [-0.2, -0.15) is 0 Å². The highest BCUT2D eigenvalue weighted by atomic mass is 127. The fourth-order valence-corrected chi connectivity index (χ4v) is 2.42. The molecular weight excluding hydrogens is 480 g/mol. The van der Waals surface area contributed by atoms with Crippen LogP contribution in [0.25, 0.3) is 5.69 Å². The van der Waals surface area contributed by atoms with Crippen LogP contribution in [-0.2, 0) is 0 Å². The number of hydrogen-bond donors (Lipinski definition) is 1. The van der Waals surface area contributed by atoms with Gasteiger partial charge in [-0.1, -0.05) is 0 Å². The average molecular weight is 485 g/mol. The molecule has 1 heterocycles. The lowest BCUT2D eigenvalue weighted by Crippen LogP contribution is -2.04. The molecule has 0 spiro atoms. The Morgan fingerprint density at radius 2 is 2.11 bits per heavy atom. The first-order valence-electron chi connectivity index (χ1n) is 4.82. The number of carbonyl (C=O) groups is 1. The molecule has 1 aromatic heterocycles. The molecule has 2 rings (SSSR count). The lowest BCUT2D eigenvalue weighted by Gasteiger charge is -2.05. The molecule has 9 heteroatoms. The third-order valence-electron chi connectivity index (χ3n) is 2.35. The highest BCUT2D eigenvalue weighted by molar-refractivity contribution is 14.1. The monoisotopic (exact) mass is 485 g/mol. The summed E-state index contributed by atoms with van der Waals surface area (Å²) in [5.41, 5.74) is -0.278. The summed E-state index contributed by atoms with van der Waals surface area (Å²) in [5, 5.41) is 19.8. The predicted molar refractivity (Wildman–Crippen MR) is 82.6 cm³/mol. The third kappa shape index (κ3) is 2.70. The second kappa shape index (κ2) is 5.40. The number of aromatic nitrogens is 2. The molecule has 2 aromatic rings. The van der Waals surface area contributed by atoms with Crippen molar-refractivity contribution >= 4 is 56.8 Å². The third-order valence-corrected chi connectivity index (χ3v) is 5.21. The van der Waals surface area contributed by atoms with E-state index in [2.05, 4.69) is 27.6 Å². The predicted octanol–water partition coefficient (Wildman–Crippen LogP) is 2.69. The molecule has 1 aromatic carbocycles. The van der Waals surface area contributed by atoms with Crippen LogP contribution in [0.2, 0.25) is 0 Å². The van der Waals surface area contributed by atoms with Gasteiger partial charge < -0.3 is 5.11 Å². The highest BCUT2D eigenvalue weighted by Crippen LogP contribution is 2.25. The summed E-state index contributed by atoms with van der Waals surface area (Å²) < 4.78 is 3.22. The van der Waals surface area contributed by atoms with Gasteiger partial charge in [0, 0.05) is 6.07 Å². The zero-order valence-electron chi connectivity index (χ0n) is 9.08. The van der Waals surface area contributed by atoms with Crippen molar-refractivity contribution in [2.75, 3.05) is 0 Å². The molecule has 7 nitrogen and oxygen atoms in total. The lowest BCUT2D eigenvalue weighted by atomic mass is 10.1. The minimum atomic E-state index is -1.33. The van der Waals surface area contributed by atoms with Crippen LogP contribution in [-0.4, -0.2) is 25.6 Å². The maximum Gasteiger partial charge on any atom is 0.342 e. The number of rotatable bonds is 3. The molecule has 98 valence electrons. The summed E-state index contributed by atoms with van der Waals surface area (Å²) in [6.45, 7) is 0. The van der Waals surface area contributed by atoms with E-state index in [9.17, 15) is 14.9 Å². The number of aromatic carboxylic acids is 1. The van der Waals surface area contributed by atoms with Gasteiger partial charge >= 0.3 is 5.97 Å². The van der Waals surface area contributed by atoms with Crippen molar-refractivity contribution in [3.05, 3.63) is 47.6 Å². The SMILES string of the molecule is O=C(O)c1ccc(-n2cnc(I)c2I)cc1[N+](=O)[O-]. The molecule has 0 amide bonds. The Bertz CT molecular complexity index is 683. The van der Waals surface area contributed by atoms with Crippen LogP contribution in [0.5, 0.6) is 0 Å². The van der Waals surface area contributed by atoms with E-state index < -0.39 is 16.6 Å². The minimum absolute atomic E-state index is 0.335. The van der Waals surface area contributed by atoms with Gasteiger partial charge in [-0.05, 0) is 57.3 Å². The first-order chi connectivity index (χ1) is 8.91. The summed E-state index contributed by atoms with van der Waals surface area (Å²) in [6.07, 6.45) is 1.53. The lowest BCUT2D eigenvalue weighted by molar-refractivity contribution is -0.385. The molecule has 0 unspecified atom stereocenters. The molecule has 0 saturated heterocycles. The number of imidazole rings is 1. The Morgan fingerprint density at radius 1 is 1.42 bits per heavy atom. The fraction of sp³-hybridized carbons (Fsp3) is 0. The topological polar surface area (TPSA) is 98.3 Å². The molecule has 0 atom stereocenters. The minimum Gasteiger partial charge on any atom is -0.477 e. The van der Waals surface area contributed by atoms with Crippen molar-refractivity contribution in [3.8, 4) is 5.69 Å². The van der Waals surface area contributed by atoms with Gasteiger partial charge in [-0.3, -0.25) is 14.7 Å². The normalized spacial score (nSPS) is 10.4. The number of hydrogen-bond acceptors (Lipinski definition) is 4. The Morgan fingerprint density at radius 3 is 2.58 bits per heavy atom. The number of nitrogens with zero attached hydrogens (tertiary/aromatic N) is 3. The van der Waals surface area contributed by atoms with Crippen LogP contribution < -0.4 is 0 Å². The molecule has 0 saturated carbocycles. The number of nitro benzene ring substituents is 1. The van der Waals surface area contributed by atoms with E-state index in [1.54, 1.807) is 4.57 Å². The largest absolute Gasteiger partial charge is 0.477 e. The summed E-state index contributed by atoms with van der Waals surface area (Å²) in [4.78, 5) is 25.2. The van der Waals surface area contributed by atoms with Crippen molar-refractivity contribution in [3.63, 3.8) is 0 Å². The van der Waals surface area contributed by atoms with Crippen molar-refractivity contribution in [1.82, 2.24) is 9.55 Å². The van der Waals surface area contributed by atoms with E-state index in [1.807, 2.05) is 22.6 Å². The molecule has 0 aliphatic carbocycles. The fourth-order valence-electron chi connectivity index (χ4n) is 1.49. The first-order valence-corrected chi connectivity index (χ1v) is 6.98. The van der Waals surface area contributed by atoms with Gasteiger partial charge in [0.05, 0.1) is 10.6 Å². The average Bonchev–Trinajstić information content (AvgIpc) is 2.69. The van der Waals surface area contributed by atoms with E-state index in [1.165, 1.54) is 24.5 Å². The standard InChI is InChI=1S/C10H5I2N3O4/c11-8-9(12)14(4-13-8)5-1-2-6(10(16)17)7(3-5)15(18)19/h1-4H,(H,16,17). The number of nitro groups is 1. The van der Waals surface area contributed by atoms with E-state index in [-0.39, 0.29) is 5.56 Å². The second-order valence-corrected chi connectivity index (χ2v) is 5.50. The molecule has 19 heavy (non-hydrogen) atoms. The zero-order valence-corrected chi connectivity index (χ0v) is 13.4. The van der Waals surface area contributed by atoms with Crippen LogP contribution in [0.15, 0.2) is 24.5 Å². The second-order valence-electron chi connectivity index (χ2n) is 3.46. The summed E-state index contributed by atoms with van der Waals surface area (Å²) in [6, 6.07) is 3.96. The maximum atomic E-state index is 10.9. The quantitative estimate of drug-likeness (QED) is 0.410. The van der Waals surface area contributed by atoms with Crippen molar-refractivity contribution in [1.29, 1.82) is 0 Å². The van der Waals surface area contributed by atoms with Crippen LogP contribution in [0, 0.1) is 17.5 Å². The number of benzene rings is 1. The van der Waals surface area contributed by atoms with Crippen LogP contribution >= 0.6 is 45.2 Å². The van der Waals surface area contributed by atoms with Gasteiger partial charge in [0.1, 0.15) is 19.3 Å². The van der Waals surface area contributed by atoms with Crippen LogP contribution in [0.3, 0.4) is 0 Å². The molecule has 0 aliphatic rings. The first kappa shape index (κ1) is 14.2. The molecule has 0 aliphatic heterocycles. The molecule has 1 N–H and O–H groups in total. The van der Waals surface area contributed by atoms with Gasteiger partial charge in [0.15, 0.2) is 0 Å². The summed E-state index contributed by atoms with van der Waals surface area (Å²) in [7, 11) is 0. The Balaban J connectivity index is 2.62. The summed E-state index contributed by atoms with van der Waals surface area (Å²) in [5.74, 6) is -1.33. The molecule has 0 fully saturated rings. The zero-order chi connectivity index (χ0) is 14.2. The van der Waals surface area contributed by atoms with Crippen molar-refractivity contribution in [2.24, 2.45) is 0 Å².